The summed E-state index contributed by atoms with van der Waals surface area (Å²) >= 11 is 6.12. The number of anilines is 1. The van der Waals surface area contributed by atoms with Crippen molar-refractivity contribution in [3.05, 3.63) is 34.7 Å². The van der Waals surface area contributed by atoms with Crippen molar-refractivity contribution in [2.75, 3.05) is 11.9 Å². The highest BCUT2D eigenvalue weighted by atomic mass is 35.5. The molecule has 2 rings (SSSR count). The third-order valence-electron chi connectivity index (χ3n) is 2.83. The first-order valence-electron chi connectivity index (χ1n) is 6.70. The fourth-order valence-electron chi connectivity index (χ4n) is 1.92. The maximum absolute atomic E-state index is 6.12. The number of aromatic nitrogens is 3. The molecule has 5 heteroatoms. The Morgan fingerprint density at radius 3 is 2.45 bits per heavy atom. The van der Waals surface area contributed by atoms with Crippen molar-refractivity contribution in [3.63, 3.8) is 0 Å². The molecule has 0 radical (unpaired) electrons. The highest BCUT2D eigenvalue weighted by molar-refractivity contribution is 6.29. The van der Waals surface area contributed by atoms with E-state index in [9.17, 15) is 0 Å². The minimum atomic E-state index is 0.202. The molecule has 0 bridgehead atoms. The number of rotatable bonds is 3. The van der Waals surface area contributed by atoms with E-state index in [0.29, 0.717) is 5.15 Å². The topological polar surface area (TPSA) is 42.7 Å². The Bertz CT molecular complexity index is 611. The largest absolute Gasteiger partial charge is 0.384 e. The Balaban J connectivity index is 2.31. The zero-order chi connectivity index (χ0) is 14.9. The molecular weight excluding hydrogens is 272 g/mol. The van der Waals surface area contributed by atoms with Crippen molar-refractivity contribution in [3.8, 4) is 5.82 Å². The SMILES string of the molecule is Cc1cc(C)n(-c2cc(NCC(C)(C)C)cc(Cl)n2)n1. The van der Waals surface area contributed by atoms with Crippen LogP contribution >= 0.6 is 11.6 Å². The maximum Gasteiger partial charge on any atom is 0.157 e. The van der Waals surface area contributed by atoms with Gasteiger partial charge in [-0.3, -0.25) is 0 Å². The summed E-state index contributed by atoms with van der Waals surface area (Å²) in [5, 5.41) is 8.30. The van der Waals surface area contributed by atoms with Gasteiger partial charge in [0.1, 0.15) is 5.15 Å². The van der Waals surface area contributed by atoms with Crippen LogP contribution in [0.2, 0.25) is 5.15 Å². The second-order valence-corrected chi connectivity index (χ2v) is 6.68. The number of pyridine rings is 1. The third kappa shape index (κ3) is 3.73. The van der Waals surface area contributed by atoms with Gasteiger partial charge in [0.2, 0.25) is 0 Å². The summed E-state index contributed by atoms with van der Waals surface area (Å²) in [6, 6.07) is 5.82. The Labute approximate surface area is 125 Å². The third-order valence-corrected chi connectivity index (χ3v) is 3.02. The lowest BCUT2D eigenvalue weighted by molar-refractivity contribution is 0.443. The zero-order valence-electron chi connectivity index (χ0n) is 12.7. The van der Waals surface area contributed by atoms with Crippen LogP contribution in [-0.2, 0) is 0 Å². The van der Waals surface area contributed by atoms with Crippen molar-refractivity contribution in [2.45, 2.75) is 34.6 Å². The molecule has 2 aromatic rings. The molecule has 0 amide bonds. The highest BCUT2D eigenvalue weighted by Crippen LogP contribution is 2.21. The van der Waals surface area contributed by atoms with Crippen LogP contribution in [0.5, 0.6) is 0 Å². The minimum absolute atomic E-state index is 0.202. The summed E-state index contributed by atoms with van der Waals surface area (Å²) in [6.07, 6.45) is 0. The zero-order valence-corrected chi connectivity index (χ0v) is 13.4. The molecule has 0 atom stereocenters. The van der Waals surface area contributed by atoms with Gasteiger partial charge in [0, 0.05) is 24.0 Å². The fraction of sp³-hybridized carbons (Fsp3) is 0.467. The summed E-state index contributed by atoms with van der Waals surface area (Å²) in [6.45, 7) is 11.4. The predicted molar refractivity (Wildman–Crippen MR) is 83.8 cm³/mol. The average molecular weight is 293 g/mol. The van der Waals surface area contributed by atoms with Gasteiger partial charge in [-0.15, -0.1) is 0 Å². The van der Waals surface area contributed by atoms with Crippen LogP contribution in [0.1, 0.15) is 32.2 Å². The van der Waals surface area contributed by atoms with Crippen molar-refractivity contribution >= 4 is 17.3 Å². The van der Waals surface area contributed by atoms with Crippen LogP contribution in [-0.4, -0.2) is 21.3 Å². The Morgan fingerprint density at radius 1 is 1.20 bits per heavy atom. The van der Waals surface area contributed by atoms with E-state index in [-0.39, 0.29) is 5.41 Å². The van der Waals surface area contributed by atoms with Crippen molar-refractivity contribution in [2.24, 2.45) is 5.41 Å². The highest BCUT2D eigenvalue weighted by Gasteiger charge is 2.12. The smallest absolute Gasteiger partial charge is 0.157 e. The van der Waals surface area contributed by atoms with Crippen molar-refractivity contribution in [1.82, 2.24) is 14.8 Å². The van der Waals surface area contributed by atoms with Crippen LogP contribution in [0, 0.1) is 19.3 Å². The molecule has 2 heterocycles. The molecule has 0 fully saturated rings. The number of hydrogen-bond donors (Lipinski definition) is 1. The van der Waals surface area contributed by atoms with Crippen molar-refractivity contribution < 1.29 is 0 Å². The number of nitrogens with one attached hydrogen (secondary N) is 1. The minimum Gasteiger partial charge on any atom is -0.384 e. The number of hydrogen-bond acceptors (Lipinski definition) is 3. The normalized spacial score (nSPS) is 11.7. The van der Waals surface area contributed by atoms with E-state index in [4.69, 9.17) is 11.6 Å². The monoisotopic (exact) mass is 292 g/mol. The van der Waals surface area contributed by atoms with E-state index in [1.165, 1.54) is 0 Å². The van der Waals surface area contributed by atoms with E-state index < -0.39 is 0 Å². The van der Waals surface area contributed by atoms with Gasteiger partial charge in [0.05, 0.1) is 5.69 Å². The summed E-state index contributed by atoms with van der Waals surface area (Å²) in [5.41, 5.74) is 3.17. The number of halogens is 1. The van der Waals surface area contributed by atoms with Gasteiger partial charge in [0.15, 0.2) is 5.82 Å². The van der Waals surface area contributed by atoms with Gasteiger partial charge >= 0.3 is 0 Å². The van der Waals surface area contributed by atoms with Gasteiger partial charge < -0.3 is 5.32 Å². The molecular formula is C15H21ClN4. The molecule has 0 aliphatic heterocycles. The summed E-state index contributed by atoms with van der Waals surface area (Å²) in [5.74, 6) is 0.736. The lowest BCUT2D eigenvalue weighted by Crippen LogP contribution is -2.19. The average Bonchev–Trinajstić information content (AvgIpc) is 2.64. The Morgan fingerprint density at radius 2 is 1.90 bits per heavy atom. The first kappa shape index (κ1) is 14.9. The molecule has 0 aromatic carbocycles. The van der Waals surface area contributed by atoms with Gasteiger partial charge in [0.25, 0.3) is 0 Å². The molecule has 0 aliphatic carbocycles. The van der Waals surface area contributed by atoms with Gasteiger partial charge in [-0.1, -0.05) is 32.4 Å². The molecule has 0 spiro atoms. The molecule has 20 heavy (non-hydrogen) atoms. The number of aryl methyl sites for hydroxylation is 2. The quantitative estimate of drug-likeness (QED) is 0.870. The van der Waals surface area contributed by atoms with Crippen LogP contribution in [0.25, 0.3) is 5.82 Å². The lowest BCUT2D eigenvalue weighted by atomic mass is 9.97. The lowest BCUT2D eigenvalue weighted by Gasteiger charge is -2.20. The fourth-order valence-corrected chi connectivity index (χ4v) is 2.13. The molecule has 1 N–H and O–H groups in total. The van der Waals surface area contributed by atoms with Crippen LogP contribution in [0.15, 0.2) is 18.2 Å². The van der Waals surface area contributed by atoms with Gasteiger partial charge in [-0.25, -0.2) is 9.67 Å². The number of nitrogens with zero attached hydrogens (tertiary/aromatic N) is 3. The van der Waals surface area contributed by atoms with Gasteiger partial charge in [-0.2, -0.15) is 5.10 Å². The van der Waals surface area contributed by atoms with E-state index in [0.717, 1.165) is 29.4 Å². The molecule has 0 saturated heterocycles. The van der Waals surface area contributed by atoms with Crippen LogP contribution in [0.3, 0.4) is 0 Å². The molecule has 0 saturated carbocycles. The van der Waals surface area contributed by atoms with Crippen molar-refractivity contribution in [1.29, 1.82) is 0 Å². The summed E-state index contributed by atoms with van der Waals surface area (Å²) in [4.78, 5) is 4.35. The Hall–Kier alpha value is -1.55. The maximum atomic E-state index is 6.12. The van der Waals surface area contributed by atoms with E-state index in [1.807, 2.05) is 36.7 Å². The second-order valence-electron chi connectivity index (χ2n) is 6.29. The predicted octanol–water partition coefficient (Wildman–Crippen LogP) is 4.00. The summed E-state index contributed by atoms with van der Waals surface area (Å²) in [7, 11) is 0. The first-order valence-corrected chi connectivity index (χ1v) is 7.07. The van der Waals surface area contributed by atoms with Gasteiger partial charge in [-0.05, 0) is 31.4 Å². The molecule has 0 unspecified atom stereocenters. The summed E-state index contributed by atoms with van der Waals surface area (Å²) < 4.78 is 1.81. The molecule has 108 valence electrons. The second kappa shape index (κ2) is 5.44. The first-order chi connectivity index (χ1) is 9.24. The van der Waals surface area contributed by atoms with E-state index >= 15 is 0 Å². The van der Waals surface area contributed by atoms with E-state index in [1.54, 1.807) is 0 Å². The molecule has 0 aliphatic rings. The Kier molecular flexibility index (Phi) is 4.04. The van der Waals surface area contributed by atoms with E-state index in [2.05, 4.69) is 36.2 Å². The van der Waals surface area contributed by atoms with Crippen LogP contribution < -0.4 is 5.32 Å². The standard InChI is InChI=1S/C15H21ClN4/c1-10-6-11(2)20(19-10)14-8-12(7-13(16)18-14)17-9-15(3,4)5/h6-8H,9H2,1-5H3,(H,17,18). The molecule has 4 nitrogen and oxygen atoms in total. The molecule has 2 aromatic heterocycles. The van der Waals surface area contributed by atoms with Crippen LogP contribution in [0.4, 0.5) is 5.69 Å².